The van der Waals surface area contributed by atoms with Gasteiger partial charge in [-0.05, 0) is 31.0 Å². The van der Waals surface area contributed by atoms with Crippen LogP contribution < -0.4 is 5.73 Å². The van der Waals surface area contributed by atoms with Gasteiger partial charge in [0.2, 0.25) is 0 Å². The van der Waals surface area contributed by atoms with Gasteiger partial charge >= 0.3 is 0 Å². The molecular formula is C22H23N5O3S. The molecule has 8 nitrogen and oxygen atoms in total. The first-order valence-electron chi connectivity index (χ1n) is 10.2. The summed E-state index contributed by atoms with van der Waals surface area (Å²) >= 11 is 0. The highest BCUT2D eigenvalue weighted by Gasteiger charge is 2.29. The summed E-state index contributed by atoms with van der Waals surface area (Å²) in [4.78, 5) is 4.85. The molecule has 0 amide bonds. The maximum absolute atomic E-state index is 11.9. The lowest BCUT2D eigenvalue weighted by atomic mass is 9.94. The average Bonchev–Trinajstić information content (AvgIpc) is 3.41. The first-order valence-corrected chi connectivity index (χ1v) is 12.0. The molecule has 9 heteroatoms. The third-order valence-corrected chi connectivity index (χ3v) is 7.69. The van der Waals surface area contributed by atoms with E-state index in [9.17, 15) is 13.5 Å². The lowest BCUT2D eigenvalue weighted by Crippen LogP contribution is -2.24. The van der Waals surface area contributed by atoms with Gasteiger partial charge in [-0.3, -0.25) is 0 Å². The first-order chi connectivity index (χ1) is 15.0. The zero-order valence-corrected chi connectivity index (χ0v) is 17.7. The fraction of sp³-hybridized carbons (Fsp3) is 0.273. The number of nitrogens with zero attached hydrogens (tertiary/aromatic N) is 4. The summed E-state index contributed by atoms with van der Waals surface area (Å²) in [6.45, 7) is -0.271. The molecule has 160 valence electrons. The van der Waals surface area contributed by atoms with Crippen molar-refractivity contribution in [1.29, 1.82) is 0 Å². The van der Waals surface area contributed by atoms with Crippen molar-refractivity contribution in [1.82, 2.24) is 19.2 Å². The Morgan fingerprint density at radius 2 is 1.87 bits per heavy atom. The number of para-hydroxylation sites is 1. The Labute approximate surface area is 179 Å². The summed E-state index contributed by atoms with van der Waals surface area (Å²) in [5, 5.41) is 14.4. The molecule has 1 fully saturated rings. The number of hydrogen-bond acceptors (Lipinski definition) is 6. The average molecular weight is 438 g/mol. The van der Waals surface area contributed by atoms with Crippen molar-refractivity contribution in [3.63, 3.8) is 0 Å². The van der Waals surface area contributed by atoms with Gasteiger partial charge in [-0.1, -0.05) is 18.2 Å². The number of aliphatic hydroxyl groups excluding tert-OH is 1. The molecule has 3 N–H and O–H groups in total. The van der Waals surface area contributed by atoms with Crippen molar-refractivity contribution in [3.05, 3.63) is 66.2 Å². The third-order valence-electron chi connectivity index (χ3n) is 5.97. The summed E-state index contributed by atoms with van der Waals surface area (Å²) in [6.07, 6.45) is 6.67. The fourth-order valence-electron chi connectivity index (χ4n) is 4.25. The highest BCUT2D eigenvalue weighted by Crippen LogP contribution is 2.35. The predicted molar refractivity (Wildman–Crippen MR) is 119 cm³/mol. The van der Waals surface area contributed by atoms with Crippen LogP contribution in [-0.4, -0.2) is 44.2 Å². The van der Waals surface area contributed by atoms with E-state index in [0.717, 1.165) is 16.8 Å². The minimum atomic E-state index is -3.00. The van der Waals surface area contributed by atoms with E-state index in [1.54, 1.807) is 10.7 Å². The van der Waals surface area contributed by atoms with E-state index in [0.29, 0.717) is 35.6 Å². The topological polar surface area (TPSA) is 116 Å². The van der Waals surface area contributed by atoms with E-state index in [-0.39, 0.29) is 24.0 Å². The molecule has 4 aromatic rings. The standard InChI is InChI=1S/C22H23N5O3S/c23-21-19(14-28)20(15-7-10-31(29,30)11-8-15)25-22-18(12-24-27(21)22)16-6-9-26(13-16)17-4-2-1-3-5-17/h1-6,9,12-13,15,28H,7-8,10-11,14,23H2. The van der Waals surface area contributed by atoms with Crippen LogP contribution in [0.25, 0.3) is 22.5 Å². The van der Waals surface area contributed by atoms with Crippen LogP contribution in [0.5, 0.6) is 0 Å². The quantitative estimate of drug-likeness (QED) is 0.507. The Balaban J connectivity index is 1.60. The summed E-state index contributed by atoms with van der Waals surface area (Å²) in [5.74, 6) is 0.530. The maximum atomic E-state index is 11.9. The summed E-state index contributed by atoms with van der Waals surface area (Å²) < 4.78 is 27.3. The van der Waals surface area contributed by atoms with Gasteiger partial charge in [-0.15, -0.1) is 0 Å². The summed E-state index contributed by atoms with van der Waals surface area (Å²) in [6, 6.07) is 12.0. The molecule has 0 radical (unpaired) electrons. The highest BCUT2D eigenvalue weighted by atomic mass is 32.2. The van der Waals surface area contributed by atoms with Crippen LogP contribution in [0, 0.1) is 0 Å². The van der Waals surface area contributed by atoms with Gasteiger partial charge in [0.05, 0.1) is 30.0 Å². The van der Waals surface area contributed by atoms with E-state index in [4.69, 9.17) is 10.7 Å². The molecule has 0 atom stereocenters. The van der Waals surface area contributed by atoms with Gasteiger partial charge in [0.1, 0.15) is 15.7 Å². The van der Waals surface area contributed by atoms with Crippen LogP contribution in [0.3, 0.4) is 0 Å². The second-order valence-electron chi connectivity index (χ2n) is 7.88. The van der Waals surface area contributed by atoms with E-state index in [1.165, 1.54) is 0 Å². The van der Waals surface area contributed by atoms with Crippen molar-refractivity contribution in [2.24, 2.45) is 0 Å². The molecule has 0 spiro atoms. The number of aliphatic hydroxyl groups is 1. The Hall–Kier alpha value is -3.17. The number of anilines is 1. The van der Waals surface area contributed by atoms with E-state index in [1.807, 2.05) is 53.4 Å². The van der Waals surface area contributed by atoms with Gasteiger partial charge in [0.15, 0.2) is 5.65 Å². The second-order valence-corrected chi connectivity index (χ2v) is 10.2. The van der Waals surface area contributed by atoms with Crippen LogP contribution in [0.4, 0.5) is 5.82 Å². The van der Waals surface area contributed by atoms with Crippen molar-refractivity contribution in [3.8, 4) is 16.8 Å². The normalized spacial score (nSPS) is 16.7. The number of aromatic nitrogens is 4. The first kappa shape index (κ1) is 19.8. The minimum Gasteiger partial charge on any atom is -0.391 e. The molecule has 0 aliphatic carbocycles. The van der Waals surface area contributed by atoms with Crippen LogP contribution in [0.15, 0.2) is 55.0 Å². The fourth-order valence-corrected chi connectivity index (χ4v) is 5.74. The number of hydrogen-bond donors (Lipinski definition) is 2. The van der Waals surface area contributed by atoms with Crippen molar-refractivity contribution in [2.75, 3.05) is 17.2 Å². The molecule has 0 saturated carbocycles. The number of benzene rings is 1. The number of sulfone groups is 1. The van der Waals surface area contributed by atoms with Crippen molar-refractivity contribution in [2.45, 2.75) is 25.4 Å². The SMILES string of the molecule is Nc1c(CO)c(C2CCS(=O)(=O)CC2)nc2c(-c3ccn(-c4ccccc4)c3)cnn12. The van der Waals surface area contributed by atoms with Gasteiger partial charge in [-0.2, -0.15) is 9.61 Å². The molecule has 1 aliphatic rings. The number of rotatable bonds is 4. The lowest BCUT2D eigenvalue weighted by molar-refractivity contribution is 0.279. The number of fused-ring (bicyclic) bond motifs is 1. The molecule has 1 saturated heterocycles. The van der Waals surface area contributed by atoms with E-state index >= 15 is 0 Å². The molecule has 31 heavy (non-hydrogen) atoms. The molecule has 0 bridgehead atoms. The maximum Gasteiger partial charge on any atom is 0.165 e. The van der Waals surface area contributed by atoms with Crippen molar-refractivity contribution >= 4 is 21.3 Å². The zero-order valence-electron chi connectivity index (χ0n) is 16.8. The number of nitrogen functional groups attached to an aromatic ring is 1. The van der Waals surface area contributed by atoms with E-state index < -0.39 is 9.84 Å². The van der Waals surface area contributed by atoms with Gasteiger partial charge < -0.3 is 15.4 Å². The van der Waals surface area contributed by atoms with Crippen molar-refractivity contribution < 1.29 is 13.5 Å². The van der Waals surface area contributed by atoms with Gasteiger partial charge in [0, 0.05) is 40.7 Å². The molecule has 3 aromatic heterocycles. The van der Waals surface area contributed by atoms with Crippen LogP contribution in [-0.2, 0) is 16.4 Å². The predicted octanol–water partition coefficient (Wildman–Crippen LogP) is 2.55. The van der Waals surface area contributed by atoms with Gasteiger partial charge in [-0.25, -0.2) is 13.4 Å². The Morgan fingerprint density at radius 3 is 2.58 bits per heavy atom. The molecular weight excluding hydrogens is 414 g/mol. The monoisotopic (exact) mass is 437 g/mol. The second kappa shape index (κ2) is 7.51. The zero-order chi connectivity index (χ0) is 21.6. The largest absolute Gasteiger partial charge is 0.391 e. The van der Waals surface area contributed by atoms with Gasteiger partial charge in [0.25, 0.3) is 0 Å². The molecule has 5 rings (SSSR count). The number of nitrogens with two attached hydrogens (primary N) is 1. The minimum absolute atomic E-state index is 0.0605. The molecule has 1 aromatic carbocycles. The smallest absolute Gasteiger partial charge is 0.165 e. The Morgan fingerprint density at radius 1 is 1.13 bits per heavy atom. The van der Waals surface area contributed by atoms with E-state index in [2.05, 4.69) is 5.10 Å². The highest BCUT2D eigenvalue weighted by molar-refractivity contribution is 7.91. The Bertz CT molecular complexity index is 1340. The summed E-state index contributed by atoms with van der Waals surface area (Å²) in [5.41, 5.74) is 11.0. The van der Waals surface area contributed by atoms with Crippen LogP contribution in [0.2, 0.25) is 0 Å². The Kier molecular flexibility index (Phi) is 4.79. The molecule has 0 unspecified atom stereocenters. The molecule has 1 aliphatic heterocycles. The van der Waals surface area contributed by atoms with Crippen LogP contribution in [0.1, 0.15) is 30.0 Å². The van der Waals surface area contributed by atoms with Crippen LogP contribution >= 0.6 is 0 Å². The third kappa shape index (κ3) is 3.49. The molecule has 4 heterocycles. The summed E-state index contributed by atoms with van der Waals surface area (Å²) in [7, 11) is -3.00. The lowest BCUT2D eigenvalue weighted by Gasteiger charge is -2.24.